The topological polar surface area (TPSA) is 60.9 Å². The van der Waals surface area contributed by atoms with Crippen LogP contribution in [0.15, 0.2) is 48.5 Å². The molecule has 4 rings (SSSR count). The number of carbonyl (C=O) groups is 2. The number of carboxylic acid groups (broad SMARTS) is 1. The predicted octanol–water partition coefficient (Wildman–Crippen LogP) is 3.75. The Hall–Kier alpha value is -2.66. The Bertz CT molecular complexity index is 880. The molecule has 2 heterocycles. The van der Waals surface area contributed by atoms with E-state index in [1.54, 1.807) is 0 Å². The molecule has 0 saturated carbocycles. The second-order valence-electron chi connectivity index (χ2n) is 7.73. The maximum absolute atomic E-state index is 12.7. The van der Waals surface area contributed by atoms with Gasteiger partial charge in [0.05, 0.1) is 11.6 Å². The number of ketones is 1. The van der Waals surface area contributed by atoms with Crippen LogP contribution in [0.1, 0.15) is 35.2 Å². The minimum absolute atomic E-state index is 0.158. The number of aliphatic carboxylic acids is 1. The quantitative estimate of drug-likeness (QED) is 0.859. The minimum Gasteiger partial charge on any atom is -0.481 e. The van der Waals surface area contributed by atoms with Crippen molar-refractivity contribution < 1.29 is 14.7 Å². The van der Waals surface area contributed by atoms with Crippen LogP contribution in [-0.2, 0) is 11.2 Å². The Morgan fingerprint density at radius 2 is 1.79 bits per heavy atom. The van der Waals surface area contributed by atoms with Crippen molar-refractivity contribution in [1.29, 1.82) is 0 Å². The fraction of sp³-hybridized carbons (Fsp3) is 0.391. The molecule has 1 N–H and O–H groups in total. The SMILES string of the molecule is O=C1Cc2ccccc2N(CCCN2CCC[C@@H](C(=O)O)C2)c2ccccc21. The fourth-order valence-electron chi connectivity index (χ4n) is 4.42. The molecule has 0 spiro atoms. The van der Waals surface area contributed by atoms with Gasteiger partial charge < -0.3 is 14.9 Å². The number of hydrogen-bond donors (Lipinski definition) is 1. The molecule has 0 radical (unpaired) electrons. The number of nitrogens with zero attached hydrogens (tertiary/aromatic N) is 2. The zero-order chi connectivity index (χ0) is 19.5. The van der Waals surface area contributed by atoms with Crippen molar-refractivity contribution in [3.8, 4) is 0 Å². The molecular formula is C23H26N2O3. The van der Waals surface area contributed by atoms with E-state index < -0.39 is 5.97 Å². The van der Waals surface area contributed by atoms with Gasteiger partial charge in [0, 0.05) is 30.8 Å². The zero-order valence-corrected chi connectivity index (χ0v) is 16.0. The van der Waals surface area contributed by atoms with Crippen LogP contribution in [0, 0.1) is 5.92 Å². The Morgan fingerprint density at radius 3 is 2.61 bits per heavy atom. The van der Waals surface area contributed by atoms with Gasteiger partial charge >= 0.3 is 5.97 Å². The molecule has 2 aromatic rings. The predicted molar refractivity (Wildman–Crippen MR) is 109 cm³/mol. The first-order valence-corrected chi connectivity index (χ1v) is 10.1. The molecule has 2 aliphatic heterocycles. The van der Waals surface area contributed by atoms with Crippen molar-refractivity contribution in [3.05, 3.63) is 59.7 Å². The number of benzene rings is 2. The van der Waals surface area contributed by atoms with Crippen LogP contribution in [0.2, 0.25) is 0 Å². The molecule has 1 fully saturated rings. The standard InChI is InChI=1S/C23H26N2O3/c26-22-15-17-7-1-3-10-20(17)25(21-11-4-2-9-19(21)22)14-6-13-24-12-5-8-18(16-24)23(27)28/h1-4,7,9-11,18H,5-6,8,12-16H2,(H,27,28)/t18-/m1/s1. The third kappa shape index (κ3) is 3.80. The summed E-state index contributed by atoms with van der Waals surface area (Å²) in [5.74, 6) is -0.768. The molecule has 1 atom stereocenters. The van der Waals surface area contributed by atoms with Crippen molar-refractivity contribution in [2.75, 3.05) is 31.1 Å². The number of likely N-dealkylation sites (tertiary alicyclic amines) is 1. The highest BCUT2D eigenvalue weighted by Gasteiger charge is 2.27. The van der Waals surface area contributed by atoms with E-state index in [4.69, 9.17) is 0 Å². The number of anilines is 2. The number of piperidine rings is 1. The molecule has 5 nitrogen and oxygen atoms in total. The van der Waals surface area contributed by atoms with Gasteiger partial charge in [-0.05, 0) is 56.1 Å². The summed E-state index contributed by atoms with van der Waals surface area (Å²) in [5, 5.41) is 9.29. The van der Waals surface area contributed by atoms with E-state index in [9.17, 15) is 14.7 Å². The molecule has 0 aromatic heterocycles. The molecule has 146 valence electrons. The number of hydrogen-bond acceptors (Lipinski definition) is 4. The van der Waals surface area contributed by atoms with Crippen LogP contribution >= 0.6 is 0 Å². The molecule has 0 unspecified atom stereocenters. The Labute approximate surface area is 165 Å². The lowest BCUT2D eigenvalue weighted by Gasteiger charge is -2.32. The van der Waals surface area contributed by atoms with Gasteiger partial charge in [0.1, 0.15) is 0 Å². The van der Waals surface area contributed by atoms with Gasteiger partial charge in [-0.2, -0.15) is 0 Å². The van der Waals surface area contributed by atoms with Crippen molar-refractivity contribution in [1.82, 2.24) is 4.90 Å². The second kappa shape index (κ2) is 8.15. The second-order valence-corrected chi connectivity index (χ2v) is 7.73. The van der Waals surface area contributed by atoms with Crippen LogP contribution in [0.3, 0.4) is 0 Å². The van der Waals surface area contributed by atoms with E-state index >= 15 is 0 Å². The molecule has 2 aromatic carbocycles. The van der Waals surface area contributed by atoms with Crippen LogP contribution in [0.25, 0.3) is 0 Å². The first-order valence-electron chi connectivity index (χ1n) is 10.1. The normalized spacial score (nSPS) is 19.6. The van der Waals surface area contributed by atoms with Crippen LogP contribution in [0.5, 0.6) is 0 Å². The first-order chi connectivity index (χ1) is 13.6. The van der Waals surface area contributed by atoms with Gasteiger partial charge in [0.15, 0.2) is 5.78 Å². The third-order valence-electron chi connectivity index (χ3n) is 5.84. The number of carbonyl (C=O) groups excluding carboxylic acids is 1. The number of carboxylic acids is 1. The molecule has 2 aliphatic rings. The third-order valence-corrected chi connectivity index (χ3v) is 5.84. The lowest BCUT2D eigenvalue weighted by Crippen LogP contribution is -2.39. The summed E-state index contributed by atoms with van der Waals surface area (Å²) >= 11 is 0. The highest BCUT2D eigenvalue weighted by Crippen LogP contribution is 2.35. The maximum Gasteiger partial charge on any atom is 0.307 e. The van der Waals surface area contributed by atoms with Gasteiger partial charge in [0.2, 0.25) is 0 Å². The van der Waals surface area contributed by atoms with Crippen LogP contribution in [-0.4, -0.2) is 47.9 Å². The van der Waals surface area contributed by atoms with E-state index in [1.807, 2.05) is 42.5 Å². The monoisotopic (exact) mass is 378 g/mol. The summed E-state index contributed by atoms with van der Waals surface area (Å²) < 4.78 is 0. The van der Waals surface area contributed by atoms with Crippen molar-refractivity contribution in [2.45, 2.75) is 25.7 Å². The maximum atomic E-state index is 12.7. The number of para-hydroxylation sites is 2. The van der Waals surface area contributed by atoms with Gasteiger partial charge in [-0.1, -0.05) is 30.3 Å². The lowest BCUT2D eigenvalue weighted by atomic mass is 9.98. The fourth-order valence-corrected chi connectivity index (χ4v) is 4.42. The van der Waals surface area contributed by atoms with Crippen LogP contribution in [0.4, 0.5) is 11.4 Å². The Kier molecular flexibility index (Phi) is 5.44. The highest BCUT2D eigenvalue weighted by atomic mass is 16.4. The van der Waals surface area contributed by atoms with Gasteiger partial charge in [-0.25, -0.2) is 0 Å². The molecule has 28 heavy (non-hydrogen) atoms. The first kappa shape index (κ1) is 18.7. The highest BCUT2D eigenvalue weighted by molar-refractivity contribution is 6.05. The molecular weight excluding hydrogens is 352 g/mol. The summed E-state index contributed by atoms with van der Waals surface area (Å²) in [7, 11) is 0. The summed E-state index contributed by atoms with van der Waals surface area (Å²) in [6.07, 6.45) is 3.07. The Morgan fingerprint density at radius 1 is 1.04 bits per heavy atom. The zero-order valence-electron chi connectivity index (χ0n) is 16.0. The van der Waals surface area contributed by atoms with Gasteiger partial charge in [0.25, 0.3) is 0 Å². The van der Waals surface area contributed by atoms with Crippen molar-refractivity contribution >= 4 is 23.1 Å². The molecule has 0 amide bonds. The van der Waals surface area contributed by atoms with Crippen LogP contribution < -0.4 is 4.90 Å². The van der Waals surface area contributed by atoms with E-state index in [-0.39, 0.29) is 11.7 Å². The summed E-state index contributed by atoms with van der Waals surface area (Å²) in [4.78, 5) is 28.6. The molecule has 0 bridgehead atoms. The van der Waals surface area contributed by atoms with E-state index in [0.717, 1.165) is 61.4 Å². The molecule has 1 saturated heterocycles. The van der Waals surface area contributed by atoms with E-state index in [2.05, 4.69) is 15.9 Å². The lowest BCUT2D eigenvalue weighted by molar-refractivity contribution is -0.143. The number of fused-ring (bicyclic) bond motifs is 2. The van der Waals surface area contributed by atoms with Crippen molar-refractivity contribution in [2.24, 2.45) is 5.92 Å². The number of Topliss-reactive ketones (excluding diaryl/α,β-unsaturated/α-hetero) is 1. The van der Waals surface area contributed by atoms with Gasteiger partial charge in [-0.3, -0.25) is 9.59 Å². The van der Waals surface area contributed by atoms with Gasteiger partial charge in [-0.15, -0.1) is 0 Å². The van der Waals surface area contributed by atoms with E-state index in [0.29, 0.717) is 13.0 Å². The summed E-state index contributed by atoms with van der Waals surface area (Å²) in [6.45, 7) is 3.28. The molecule has 5 heteroatoms. The average molecular weight is 378 g/mol. The summed E-state index contributed by atoms with van der Waals surface area (Å²) in [5.41, 5.74) is 3.91. The largest absolute Gasteiger partial charge is 0.481 e. The average Bonchev–Trinajstić information content (AvgIpc) is 2.83. The molecule has 0 aliphatic carbocycles. The summed E-state index contributed by atoms with van der Waals surface area (Å²) in [6, 6.07) is 16.0. The van der Waals surface area contributed by atoms with E-state index in [1.165, 1.54) is 0 Å². The Balaban J connectivity index is 1.52. The minimum atomic E-state index is -0.682. The number of rotatable bonds is 5. The van der Waals surface area contributed by atoms with Crippen molar-refractivity contribution in [3.63, 3.8) is 0 Å². The smallest absolute Gasteiger partial charge is 0.307 e.